The summed E-state index contributed by atoms with van der Waals surface area (Å²) in [5, 5.41) is 3.03. The van der Waals surface area contributed by atoms with Crippen molar-refractivity contribution in [3.05, 3.63) is 82.8 Å². The van der Waals surface area contributed by atoms with Gasteiger partial charge in [-0.2, -0.15) is 8.42 Å². The lowest BCUT2D eigenvalue weighted by Crippen LogP contribution is -2.47. The molecule has 0 aliphatic heterocycles. The highest BCUT2D eigenvalue weighted by atomic mass is 35.5. The van der Waals surface area contributed by atoms with Crippen LogP contribution in [0.1, 0.15) is 37.7 Å². The number of nitrogens with one attached hydrogen (secondary N) is 1. The van der Waals surface area contributed by atoms with Crippen molar-refractivity contribution in [2.75, 3.05) is 0 Å². The second kappa shape index (κ2) is 9.89. The van der Waals surface area contributed by atoms with E-state index in [9.17, 15) is 13.2 Å². The maximum atomic E-state index is 12.9. The van der Waals surface area contributed by atoms with Crippen molar-refractivity contribution in [1.82, 2.24) is 10.2 Å². The summed E-state index contributed by atoms with van der Waals surface area (Å²) < 4.78 is 36.5. The van der Waals surface area contributed by atoms with Gasteiger partial charge in [0.05, 0.1) is 17.8 Å². The van der Waals surface area contributed by atoms with Crippen molar-refractivity contribution in [2.24, 2.45) is 0 Å². The highest BCUT2D eigenvalue weighted by molar-refractivity contribution is 7.87. The van der Waals surface area contributed by atoms with Gasteiger partial charge in [0.25, 0.3) is 0 Å². The Morgan fingerprint density at radius 3 is 2.45 bits per heavy atom. The van der Waals surface area contributed by atoms with E-state index in [1.807, 2.05) is 20.8 Å². The van der Waals surface area contributed by atoms with Crippen LogP contribution in [-0.4, -0.2) is 24.9 Å². The lowest BCUT2D eigenvalue weighted by atomic mass is 10.1. The quantitative estimate of drug-likeness (QED) is 0.440. The number of benzene rings is 2. The Morgan fingerprint density at radius 1 is 1.09 bits per heavy atom. The monoisotopic (exact) mass is 490 g/mol. The summed E-state index contributed by atoms with van der Waals surface area (Å²) in [6.45, 7) is 7.80. The van der Waals surface area contributed by atoms with Gasteiger partial charge >= 0.3 is 16.1 Å². The van der Waals surface area contributed by atoms with E-state index in [0.717, 1.165) is 0 Å². The minimum atomic E-state index is -4.14. The summed E-state index contributed by atoms with van der Waals surface area (Å²) in [5.41, 5.74) is 0.751. The molecule has 0 fully saturated rings. The third-order valence-corrected chi connectivity index (χ3v) is 6.47. The molecule has 0 bridgehead atoms. The van der Waals surface area contributed by atoms with E-state index in [2.05, 4.69) is 5.32 Å². The fourth-order valence-electron chi connectivity index (χ4n) is 3.21. The average Bonchev–Trinajstić information content (AvgIpc) is 3.19. The highest BCUT2D eigenvalue weighted by Gasteiger charge is 2.24. The lowest BCUT2D eigenvalue weighted by molar-refractivity contribution is 0.178. The summed E-state index contributed by atoms with van der Waals surface area (Å²) in [6, 6.07) is 14.7. The highest BCUT2D eigenvalue weighted by Crippen LogP contribution is 2.28. The molecule has 0 atom stereocenters. The van der Waals surface area contributed by atoms with Gasteiger partial charge in [-0.25, -0.2) is 4.79 Å². The zero-order chi connectivity index (χ0) is 24.2. The van der Waals surface area contributed by atoms with Crippen LogP contribution >= 0.6 is 11.6 Å². The van der Waals surface area contributed by atoms with E-state index in [1.165, 1.54) is 6.07 Å². The molecule has 33 heavy (non-hydrogen) atoms. The van der Waals surface area contributed by atoms with Crippen molar-refractivity contribution in [1.29, 1.82) is 0 Å². The van der Waals surface area contributed by atoms with Gasteiger partial charge in [-0.1, -0.05) is 35.9 Å². The van der Waals surface area contributed by atoms with Gasteiger partial charge in [0, 0.05) is 12.1 Å². The van der Waals surface area contributed by atoms with Crippen molar-refractivity contribution in [2.45, 2.75) is 51.2 Å². The molecule has 2 aromatic carbocycles. The molecule has 0 unspecified atom stereocenters. The first-order chi connectivity index (χ1) is 15.4. The van der Waals surface area contributed by atoms with Crippen LogP contribution < -0.4 is 9.50 Å². The largest absolute Gasteiger partial charge is 0.467 e. The van der Waals surface area contributed by atoms with Gasteiger partial charge in [0.2, 0.25) is 0 Å². The Morgan fingerprint density at radius 2 is 1.82 bits per heavy atom. The zero-order valence-corrected chi connectivity index (χ0v) is 20.5. The van der Waals surface area contributed by atoms with Gasteiger partial charge in [0.15, 0.2) is 0 Å². The Labute approximate surface area is 199 Å². The first kappa shape index (κ1) is 24.7. The van der Waals surface area contributed by atoms with Crippen molar-refractivity contribution in [3.8, 4) is 5.75 Å². The summed E-state index contributed by atoms with van der Waals surface area (Å²) in [7, 11) is -4.14. The number of halogens is 1. The van der Waals surface area contributed by atoms with Crippen LogP contribution in [0.15, 0.2) is 70.2 Å². The molecule has 0 spiro atoms. The molecule has 176 valence electrons. The molecule has 1 heterocycles. The maximum absolute atomic E-state index is 12.9. The molecule has 9 heteroatoms. The molecule has 0 aliphatic carbocycles. The Hall–Kier alpha value is -2.97. The third kappa shape index (κ3) is 6.76. The number of aryl methyl sites for hydroxylation is 1. The lowest BCUT2D eigenvalue weighted by Gasteiger charge is -2.28. The van der Waals surface area contributed by atoms with E-state index in [1.54, 1.807) is 66.6 Å². The summed E-state index contributed by atoms with van der Waals surface area (Å²) in [5.74, 6) is 0.754. The molecule has 7 nitrogen and oxygen atoms in total. The minimum Gasteiger partial charge on any atom is -0.467 e. The molecule has 0 saturated heterocycles. The number of urea groups is 1. The van der Waals surface area contributed by atoms with E-state index < -0.39 is 15.7 Å². The van der Waals surface area contributed by atoms with Crippen molar-refractivity contribution in [3.63, 3.8) is 0 Å². The smallest absolute Gasteiger partial charge is 0.340 e. The second-order valence-electron chi connectivity index (χ2n) is 8.69. The molecule has 0 radical (unpaired) electrons. The molecule has 2 amide bonds. The Bertz CT molecular complexity index is 1200. The number of nitrogens with zero attached hydrogens (tertiary/aromatic N) is 1. The maximum Gasteiger partial charge on any atom is 0.340 e. The number of amides is 2. The summed E-state index contributed by atoms with van der Waals surface area (Å²) in [4.78, 5) is 14.4. The summed E-state index contributed by atoms with van der Waals surface area (Å²) in [6.07, 6.45) is 1.55. The van der Waals surface area contributed by atoms with Gasteiger partial charge in [-0.15, -0.1) is 0 Å². The molecule has 0 aliphatic rings. The first-order valence-corrected chi connectivity index (χ1v) is 12.1. The molecular formula is C24H27ClN2O5S. The number of hydrogen-bond donors (Lipinski definition) is 1. The number of furan rings is 1. The van der Waals surface area contributed by atoms with Crippen LogP contribution in [0.25, 0.3) is 0 Å². The molecule has 3 aromatic rings. The Kier molecular flexibility index (Phi) is 7.39. The zero-order valence-electron chi connectivity index (χ0n) is 19.0. The van der Waals surface area contributed by atoms with E-state index in [0.29, 0.717) is 16.9 Å². The third-order valence-electron chi connectivity index (χ3n) is 4.59. The molecule has 1 N–H and O–H groups in total. The van der Waals surface area contributed by atoms with Gasteiger partial charge in [-0.05, 0) is 69.2 Å². The standard InChI is InChI=1S/C24H27ClN2O5S/c1-17-8-5-12-21(25)22(17)33(29,30)32-19-10-6-9-18(14-19)15-27(16-20-11-7-13-31-20)23(28)26-24(2,3)4/h5-14H,15-16H2,1-4H3,(H,26,28). The average molecular weight is 491 g/mol. The molecule has 3 rings (SSSR count). The number of rotatable bonds is 7. The van der Waals surface area contributed by atoms with Crippen LogP contribution in [0, 0.1) is 6.92 Å². The predicted molar refractivity (Wildman–Crippen MR) is 127 cm³/mol. The number of carbonyl (C=O) groups excluding carboxylic acids is 1. The topological polar surface area (TPSA) is 88.9 Å². The molecule has 0 saturated carbocycles. The van der Waals surface area contributed by atoms with Crippen molar-refractivity contribution >= 4 is 27.8 Å². The van der Waals surface area contributed by atoms with E-state index in [-0.39, 0.29) is 34.8 Å². The fraction of sp³-hybridized carbons (Fsp3) is 0.292. The number of hydrogen-bond acceptors (Lipinski definition) is 5. The van der Waals surface area contributed by atoms with Crippen LogP contribution in [0.3, 0.4) is 0 Å². The van der Waals surface area contributed by atoms with Crippen LogP contribution in [0.4, 0.5) is 4.79 Å². The Balaban J connectivity index is 1.83. The molecular weight excluding hydrogens is 464 g/mol. The first-order valence-electron chi connectivity index (χ1n) is 10.3. The minimum absolute atomic E-state index is 0.0685. The number of carbonyl (C=O) groups is 1. The van der Waals surface area contributed by atoms with Crippen LogP contribution in [-0.2, 0) is 23.2 Å². The second-order valence-corrected chi connectivity index (χ2v) is 10.6. The van der Waals surface area contributed by atoms with E-state index in [4.69, 9.17) is 20.2 Å². The van der Waals surface area contributed by atoms with Crippen LogP contribution in [0.2, 0.25) is 5.02 Å². The van der Waals surface area contributed by atoms with Gasteiger partial charge in [-0.3, -0.25) is 0 Å². The molecule has 1 aromatic heterocycles. The van der Waals surface area contributed by atoms with Gasteiger partial charge < -0.3 is 18.8 Å². The van der Waals surface area contributed by atoms with Gasteiger partial charge in [0.1, 0.15) is 16.4 Å². The van der Waals surface area contributed by atoms with Crippen molar-refractivity contribution < 1.29 is 21.8 Å². The normalized spacial score (nSPS) is 11.8. The summed E-state index contributed by atoms with van der Waals surface area (Å²) >= 11 is 6.12. The van der Waals surface area contributed by atoms with Crippen LogP contribution in [0.5, 0.6) is 5.75 Å². The van der Waals surface area contributed by atoms with E-state index >= 15 is 0 Å². The SMILES string of the molecule is Cc1cccc(Cl)c1S(=O)(=O)Oc1cccc(CN(Cc2ccco2)C(=O)NC(C)(C)C)c1. The predicted octanol–water partition coefficient (Wildman–Crippen LogP) is 5.52. The fourth-order valence-corrected chi connectivity index (χ4v) is 4.92.